The van der Waals surface area contributed by atoms with Gasteiger partial charge in [-0.3, -0.25) is 0 Å². The van der Waals surface area contributed by atoms with Crippen molar-refractivity contribution in [3.63, 3.8) is 0 Å². The van der Waals surface area contributed by atoms with Crippen LogP contribution < -0.4 is 14.9 Å². The van der Waals surface area contributed by atoms with E-state index in [1.807, 2.05) is 6.07 Å². The van der Waals surface area contributed by atoms with E-state index >= 15 is 0 Å². The van der Waals surface area contributed by atoms with Gasteiger partial charge in [0.15, 0.2) is 0 Å². The van der Waals surface area contributed by atoms with Gasteiger partial charge in [-0.25, -0.2) is 0 Å². The zero-order valence-electron chi connectivity index (χ0n) is 13.2. The first-order valence-corrected chi connectivity index (χ1v) is 7.95. The summed E-state index contributed by atoms with van der Waals surface area (Å²) in [4.78, 5) is 0. The maximum absolute atomic E-state index is 9.59. The third-order valence-electron chi connectivity index (χ3n) is 3.30. The molecule has 0 aliphatic heterocycles. The van der Waals surface area contributed by atoms with Crippen molar-refractivity contribution >= 4 is 12.6 Å². The Balaban J connectivity index is 2.69. The lowest BCUT2D eigenvalue weighted by atomic mass is 9.78. The summed E-state index contributed by atoms with van der Waals surface area (Å²) in [7, 11) is -1.59. The minimum atomic E-state index is -1.59. The van der Waals surface area contributed by atoms with Gasteiger partial charge in [-0.2, -0.15) is 0 Å². The van der Waals surface area contributed by atoms with Gasteiger partial charge < -0.3 is 19.5 Å². The Labute approximate surface area is 128 Å². The van der Waals surface area contributed by atoms with E-state index < -0.39 is 7.12 Å². The molecule has 2 N–H and O–H groups in total. The molecule has 0 amide bonds. The fourth-order valence-electron chi connectivity index (χ4n) is 2.10. The molecule has 0 saturated carbocycles. The number of hydrogen-bond acceptors (Lipinski definition) is 4. The van der Waals surface area contributed by atoms with E-state index in [0.717, 1.165) is 38.5 Å². The zero-order chi connectivity index (χ0) is 15.5. The van der Waals surface area contributed by atoms with Crippen molar-refractivity contribution in [3.8, 4) is 11.5 Å². The SMILES string of the molecule is CCCCCOc1cccc(OCCCCC)c1B(O)O. The maximum atomic E-state index is 9.59. The minimum absolute atomic E-state index is 0.325. The molecule has 0 fully saturated rings. The van der Waals surface area contributed by atoms with Gasteiger partial charge in [-0.05, 0) is 25.0 Å². The van der Waals surface area contributed by atoms with Crippen LogP contribution in [0.1, 0.15) is 52.4 Å². The highest BCUT2D eigenvalue weighted by atomic mass is 16.5. The predicted molar refractivity (Wildman–Crippen MR) is 86.3 cm³/mol. The third kappa shape index (κ3) is 6.40. The summed E-state index contributed by atoms with van der Waals surface area (Å²) in [5, 5.41) is 19.2. The summed E-state index contributed by atoms with van der Waals surface area (Å²) >= 11 is 0. The van der Waals surface area contributed by atoms with Crippen molar-refractivity contribution in [1.82, 2.24) is 0 Å². The van der Waals surface area contributed by atoms with Gasteiger partial charge in [-0.15, -0.1) is 0 Å². The number of unbranched alkanes of at least 4 members (excludes halogenated alkanes) is 4. The average molecular weight is 294 g/mol. The number of ether oxygens (including phenoxy) is 2. The molecule has 0 aromatic heterocycles. The molecular formula is C16H27BO4. The Hall–Kier alpha value is -1.20. The van der Waals surface area contributed by atoms with Crippen LogP contribution in [-0.4, -0.2) is 30.4 Å². The third-order valence-corrected chi connectivity index (χ3v) is 3.30. The summed E-state index contributed by atoms with van der Waals surface area (Å²) in [5.41, 5.74) is 0.325. The second-order valence-electron chi connectivity index (χ2n) is 5.15. The molecule has 0 atom stereocenters. The van der Waals surface area contributed by atoms with Crippen LogP contribution in [0.15, 0.2) is 18.2 Å². The highest BCUT2D eigenvalue weighted by Crippen LogP contribution is 2.18. The van der Waals surface area contributed by atoms with Crippen molar-refractivity contribution in [2.45, 2.75) is 52.4 Å². The Morgan fingerprint density at radius 1 is 0.857 bits per heavy atom. The molecular weight excluding hydrogens is 267 g/mol. The second-order valence-corrected chi connectivity index (χ2v) is 5.15. The van der Waals surface area contributed by atoms with E-state index in [-0.39, 0.29) is 0 Å². The van der Waals surface area contributed by atoms with Crippen molar-refractivity contribution < 1.29 is 19.5 Å². The Morgan fingerprint density at radius 2 is 1.33 bits per heavy atom. The van der Waals surface area contributed by atoms with E-state index in [1.165, 1.54) is 0 Å². The van der Waals surface area contributed by atoms with Gasteiger partial charge >= 0.3 is 7.12 Å². The van der Waals surface area contributed by atoms with Crippen LogP contribution in [0.5, 0.6) is 11.5 Å². The molecule has 0 aliphatic carbocycles. The molecule has 0 radical (unpaired) electrons. The van der Waals surface area contributed by atoms with Crippen LogP contribution in [0.4, 0.5) is 0 Å². The smallest absolute Gasteiger partial charge is 0.494 e. The first kappa shape index (κ1) is 17.9. The van der Waals surface area contributed by atoms with Gasteiger partial charge in [0.25, 0.3) is 0 Å². The first-order valence-electron chi connectivity index (χ1n) is 7.95. The van der Waals surface area contributed by atoms with Crippen LogP contribution >= 0.6 is 0 Å². The molecule has 0 bridgehead atoms. The average Bonchev–Trinajstić information content (AvgIpc) is 2.48. The van der Waals surface area contributed by atoms with Crippen LogP contribution in [0.3, 0.4) is 0 Å². The molecule has 0 spiro atoms. The summed E-state index contributed by atoms with van der Waals surface area (Å²) in [6, 6.07) is 5.31. The summed E-state index contributed by atoms with van der Waals surface area (Å²) < 4.78 is 11.3. The molecule has 118 valence electrons. The van der Waals surface area contributed by atoms with E-state index in [1.54, 1.807) is 12.1 Å². The monoisotopic (exact) mass is 294 g/mol. The van der Waals surface area contributed by atoms with Crippen LogP contribution in [0.25, 0.3) is 0 Å². The van der Waals surface area contributed by atoms with Gasteiger partial charge in [0, 0.05) is 0 Å². The van der Waals surface area contributed by atoms with E-state index in [9.17, 15) is 10.0 Å². The van der Waals surface area contributed by atoms with Crippen molar-refractivity contribution in [1.29, 1.82) is 0 Å². The van der Waals surface area contributed by atoms with Gasteiger partial charge in [0.1, 0.15) is 11.5 Å². The minimum Gasteiger partial charge on any atom is -0.494 e. The lowest BCUT2D eigenvalue weighted by Crippen LogP contribution is -2.33. The molecule has 1 rings (SSSR count). The highest BCUT2D eigenvalue weighted by Gasteiger charge is 2.22. The molecule has 21 heavy (non-hydrogen) atoms. The molecule has 0 saturated heterocycles. The fraction of sp³-hybridized carbons (Fsp3) is 0.625. The van der Waals surface area contributed by atoms with Crippen molar-refractivity contribution in [3.05, 3.63) is 18.2 Å². The Morgan fingerprint density at radius 3 is 1.71 bits per heavy atom. The maximum Gasteiger partial charge on any atom is 0.496 e. The fourth-order valence-corrected chi connectivity index (χ4v) is 2.10. The van der Waals surface area contributed by atoms with E-state index in [0.29, 0.717) is 30.2 Å². The topological polar surface area (TPSA) is 58.9 Å². The molecule has 4 nitrogen and oxygen atoms in total. The van der Waals surface area contributed by atoms with Gasteiger partial charge in [-0.1, -0.05) is 45.6 Å². The number of rotatable bonds is 11. The normalized spacial score (nSPS) is 10.5. The molecule has 0 heterocycles. The summed E-state index contributed by atoms with van der Waals surface area (Å²) in [6.07, 6.45) is 6.37. The predicted octanol–water partition coefficient (Wildman–Crippen LogP) is 2.50. The van der Waals surface area contributed by atoms with Crippen molar-refractivity contribution in [2.75, 3.05) is 13.2 Å². The number of benzene rings is 1. The highest BCUT2D eigenvalue weighted by molar-refractivity contribution is 6.60. The first-order chi connectivity index (χ1) is 10.2. The van der Waals surface area contributed by atoms with Gasteiger partial charge in [0.05, 0.1) is 18.7 Å². The van der Waals surface area contributed by atoms with Crippen LogP contribution in [0.2, 0.25) is 0 Å². The lowest BCUT2D eigenvalue weighted by molar-refractivity contribution is 0.292. The summed E-state index contributed by atoms with van der Waals surface area (Å²) in [6.45, 7) is 5.42. The quantitative estimate of drug-likeness (QED) is 0.486. The molecule has 0 unspecified atom stereocenters. The summed E-state index contributed by atoms with van der Waals surface area (Å²) in [5.74, 6) is 0.989. The number of hydrogen-bond donors (Lipinski definition) is 2. The molecule has 0 aliphatic rings. The second kappa shape index (κ2) is 10.5. The van der Waals surface area contributed by atoms with Crippen molar-refractivity contribution in [2.24, 2.45) is 0 Å². The molecule has 1 aromatic rings. The van der Waals surface area contributed by atoms with Crippen LogP contribution in [-0.2, 0) is 0 Å². The van der Waals surface area contributed by atoms with E-state index in [2.05, 4.69) is 13.8 Å². The Kier molecular flexibility index (Phi) is 8.94. The molecule has 5 heteroatoms. The largest absolute Gasteiger partial charge is 0.496 e. The zero-order valence-corrected chi connectivity index (χ0v) is 13.2. The van der Waals surface area contributed by atoms with Gasteiger partial charge in [0.2, 0.25) is 0 Å². The standard InChI is InChI=1S/C16H27BO4/c1-3-5-7-12-20-14-10-9-11-15(16(14)17(18)19)21-13-8-6-4-2/h9-11,18-19H,3-8,12-13H2,1-2H3. The van der Waals surface area contributed by atoms with Crippen LogP contribution in [0, 0.1) is 0 Å². The lowest BCUT2D eigenvalue weighted by Gasteiger charge is -2.16. The van der Waals surface area contributed by atoms with E-state index in [4.69, 9.17) is 9.47 Å². The Bertz CT molecular complexity index is 366. The molecule has 1 aromatic carbocycles.